The molecule has 0 bridgehead atoms. The van der Waals surface area contributed by atoms with Crippen LogP contribution in [0.5, 0.6) is 0 Å². The van der Waals surface area contributed by atoms with E-state index in [4.69, 9.17) is 0 Å². The summed E-state index contributed by atoms with van der Waals surface area (Å²) in [5.41, 5.74) is 9.89. The van der Waals surface area contributed by atoms with Gasteiger partial charge in [-0.2, -0.15) is 0 Å². The van der Waals surface area contributed by atoms with Gasteiger partial charge in [0.2, 0.25) is 0 Å². The molecular formula is C22H24Ti. The molecule has 0 aliphatic heterocycles. The Morgan fingerprint density at radius 1 is 0.652 bits per heavy atom. The molecular weight excluding hydrogens is 312 g/mol. The molecule has 3 rings (SSSR count). The minimum atomic E-state index is 0. The van der Waals surface area contributed by atoms with Crippen molar-refractivity contribution in [2.75, 3.05) is 0 Å². The third kappa shape index (κ3) is 2.69. The molecule has 1 aliphatic carbocycles. The molecule has 0 spiro atoms. The third-order valence-electron chi connectivity index (χ3n) is 5.74. The molecule has 0 saturated heterocycles. The average molecular weight is 336 g/mol. The van der Waals surface area contributed by atoms with Crippen molar-refractivity contribution in [1.82, 2.24) is 0 Å². The monoisotopic (exact) mass is 336 g/mol. The first-order valence-electron chi connectivity index (χ1n) is 7.99. The van der Waals surface area contributed by atoms with Gasteiger partial charge >= 0.3 is 0 Å². The van der Waals surface area contributed by atoms with Crippen molar-refractivity contribution in [3.8, 4) is 11.1 Å². The molecule has 2 aromatic rings. The van der Waals surface area contributed by atoms with Crippen LogP contribution in [0.4, 0.5) is 0 Å². The summed E-state index contributed by atoms with van der Waals surface area (Å²) in [4.78, 5) is 0. The Labute approximate surface area is 155 Å². The van der Waals surface area contributed by atoms with E-state index in [2.05, 4.69) is 89.2 Å². The van der Waals surface area contributed by atoms with Crippen LogP contribution in [-0.2, 0) is 27.1 Å². The molecule has 1 aliphatic rings. The average Bonchev–Trinajstić information content (AvgIpc) is 2.72. The van der Waals surface area contributed by atoms with E-state index >= 15 is 0 Å². The minimum Gasteiger partial charge on any atom is -0.0622 e. The fourth-order valence-corrected chi connectivity index (χ4v) is 3.79. The van der Waals surface area contributed by atoms with Gasteiger partial charge in [-0.25, -0.2) is 0 Å². The molecule has 116 valence electrons. The quantitative estimate of drug-likeness (QED) is 0.565. The zero-order valence-electron chi connectivity index (χ0n) is 14.7. The molecule has 0 saturated carbocycles. The van der Waals surface area contributed by atoms with Crippen LogP contribution in [-0.4, -0.2) is 0 Å². The second-order valence-corrected chi connectivity index (χ2v) is 6.54. The Hall–Kier alpha value is -1.37. The largest absolute Gasteiger partial charge is 0.0622 e. The van der Waals surface area contributed by atoms with Crippen molar-refractivity contribution in [3.05, 3.63) is 82.5 Å². The van der Waals surface area contributed by atoms with Gasteiger partial charge in [-0.3, -0.25) is 0 Å². The number of benzene rings is 2. The molecule has 0 aromatic heterocycles. The van der Waals surface area contributed by atoms with Gasteiger partial charge in [0.1, 0.15) is 0 Å². The maximum absolute atomic E-state index is 2.37. The summed E-state index contributed by atoms with van der Waals surface area (Å²) in [6.45, 7) is 11.5. The summed E-state index contributed by atoms with van der Waals surface area (Å²) in [6, 6.07) is 19.6. The number of hydrogen-bond donors (Lipinski definition) is 0. The van der Waals surface area contributed by atoms with Crippen molar-refractivity contribution in [2.45, 2.75) is 40.0 Å². The predicted molar refractivity (Wildman–Crippen MR) is 96.0 cm³/mol. The summed E-state index contributed by atoms with van der Waals surface area (Å²) >= 11 is 0. The smallest absolute Gasteiger partial charge is 0.0354 e. The maximum atomic E-state index is 2.37. The maximum Gasteiger partial charge on any atom is 0.0354 e. The molecule has 0 radical (unpaired) electrons. The molecule has 23 heavy (non-hydrogen) atoms. The predicted octanol–water partition coefficient (Wildman–Crippen LogP) is 6.30. The summed E-state index contributed by atoms with van der Waals surface area (Å²) in [5.74, 6) is 0. The Morgan fingerprint density at radius 2 is 1.13 bits per heavy atom. The van der Waals surface area contributed by atoms with Crippen LogP contribution in [0.2, 0.25) is 0 Å². The zero-order chi connectivity index (χ0) is 15.9. The van der Waals surface area contributed by atoms with Crippen LogP contribution in [0, 0.1) is 0 Å². The fraction of sp³-hybridized carbons (Fsp3) is 0.273. The Balaban J connectivity index is 0.00000192. The Bertz CT molecular complexity index is 755. The Morgan fingerprint density at radius 3 is 1.70 bits per heavy atom. The molecule has 0 N–H and O–H groups in total. The second kappa shape index (κ2) is 6.63. The van der Waals surface area contributed by atoms with Crippen LogP contribution in [0.15, 0.2) is 76.9 Å². The number of allylic oxidation sites excluding steroid dienone is 4. The zero-order valence-corrected chi connectivity index (χ0v) is 16.3. The van der Waals surface area contributed by atoms with Gasteiger partial charge in [0.15, 0.2) is 0 Å². The molecule has 0 unspecified atom stereocenters. The van der Waals surface area contributed by atoms with Gasteiger partial charge in [-0.1, -0.05) is 65.7 Å². The van der Waals surface area contributed by atoms with E-state index < -0.39 is 0 Å². The number of rotatable bonds is 2. The van der Waals surface area contributed by atoms with E-state index in [1.807, 2.05) is 0 Å². The summed E-state index contributed by atoms with van der Waals surface area (Å²) < 4.78 is 0. The fourth-order valence-electron chi connectivity index (χ4n) is 3.79. The summed E-state index contributed by atoms with van der Waals surface area (Å²) in [7, 11) is 0. The summed E-state index contributed by atoms with van der Waals surface area (Å²) in [6.07, 6.45) is 0. The first-order chi connectivity index (χ1) is 10.5. The number of hydrogen-bond acceptors (Lipinski definition) is 0. The standard InChI is InChI=1S/C22H24.Ti/c1-15-16(2)18(4)22(5,17(15)3)21-14-10-9-13-20(21)19-11-7-6-8-12-19;/h6-14H,1-5H3;. The van der Waals surface area contributed by atoms with E-state index in [0.717, 1.165) is 0 Å². The van der Waals surface area contributed by atoms with Crippen LogP contribution < -0.4 is 0 Å². The second-order valence-electron chi connectivity index (χ2n) is 6.54. The molecule has 0 heterocycles. The van der Waals surface area contributed by atoms with Crippen molar-refractivity contribution in [3.63, 3.8) is 0 Å². The third-order valence-corrected chi connectivity index (χ3v) is 5.74. The van der Waals surface area contributed by atoms with Gasteiger partial charge in [-0.05, 0) is 62.5 Å². The van der Waals surface area contributed by atoms with Crippen molar-refractivity contribution in [2.24, 2.45) is 0 Å². The van der Waals surface area contributed by atoms with E-state index in [9.17, 15) is 0 Å². The first kappa shape index (κ1) is 18.0. The van der Waals surface area contributed by atoms with Gasteiger partial charge < -0.3 is 0 Å². The van der Waals surface area contributed by atoms with Crippen LogP contribution in [0.1, 0.15) is 40.2 Å². The van der Waals surface area contributed by atoms with E-state index in [1.54, 1.807) is 0 Å². The molecule has 2 aromatic carbocycles. The molecule has 0 amide bonds. The Kier molecular flexibility index (Phi) is 5.18. The minimum absolute atomic E-state index is 0. The van der Waals surface area contributed by atoms with Crippen molar-refractivity contribution >= 4 is 0 Å². The van der Waals surface area contributed by atoms with Crippen LogP contribution in [0.25, 0.3) is 11.1 Å². The molecule has 1 heteroatoms. The first-order valence-corrected chi connectivity index (χ1v) is 7.99. The van der Waals surface area contributed by atoms with Crippen molar-refractivity contribution < 1.29 is 21.7 Å². The van der Waals surface area contributed by atoms with E-state index in [1.165, 1.54) is 39.0 Å². The van der Waals surface area contributed by atoms with Crippen molar-refractivity contribution in [1.29, 1.82) is 0 Å². The molecule has 0 atom stereocenters. The van der Waals surface area contributed by atoms with Gasteiger partial charge in [0.05, 0.1) is 0 Å². The van der Waals surface area contributed by atoms with Gasteiger partial charge in [0.25, 0.3) is 0 Å². The normalized spacial score (nSPS) is 16.6. The molecule has 0 fully saturated rings. The SMILES string of the molecule is CC1=C(C)C(C)(c2ccccc2-c2ccccc2)C(C)=C1C.[Ti]. The molecule has 0 nitrogen and oxygen atoms in total. The van der Waals surface area contributed by atoms with E-state index in [0.29, 0.717) is 0 Å². The van der Waals surface area contributed by atoms with Crippen LogP contribution in [0.3, 0.4) is 0 Å². The van der Waals surface area contributed by atoms with Gasteiger partial charge in [-0.15, -0.1) is 0 Å². The van der Waals surface area contributed by atoms with Gasteiger partial charge in [0, 0.05) is 27.1 Å². The van der Waals surface area contributed by atoms with Crippen LogP contribution >= 0.6 is 0 Å². The van der Waals surface area contributed by atoms with E-state index in [-0.39, 0.29) is 27.1 Å². The summed E-state index contributed by atoms with van der Waals surface area (Å²) in [5, 5.41) is 0. The topological polar surface area (TPSA) is 0 Å².